The van der Waals surface area contributed by atoms with Crippen LogP contribution in [0.4, 0.5) is 4.79 Å². The third-order valence-electron chi connectivity index (χ3n) is 6.70. The first kappa shape index (κ1) is 25.4. The molecule has 1 aliphatic carbocycles. The van der Waals surface area contributed by atoms with E-state index in [9.17, 15) is 9.59 Å². The van der Waals surface area contributed by atoms with E-state index in [1.54, 1.807) is 19.3 Å². The molecule has 0 atom stereocenters. The molecule has 0 saturated heterocycles. The summed E-state index contributed by atoms with van der Waals surface area (Å²) in [5.74, 6) is -0.476. The Labute approximate surface area is 222 Å². The molecular formula is C30H32N4O4. The Morgan fingerprint density at radius 3 is 2.34 bits per heavy atom. The number of benzene rings is 2. The van der Waals surface area contributed by atoms with Crippen molar-refractivity contribution in [2.75, 3.05) is 6.61 Å². The number of hydrogen-bond donors (Lipinski definition) is 1. The molecule has 5 rings (SSSR count). The predicted molar refractivity (Wildman–Crippen MR) is 145 cm³/mol. The molecule has 2 aromatic heterocycles. The van der Waals surface area contributed by atoms with Gasteiger partial charge in [-0.05, 0) is 52.5 Å². The molecule has 2 aromatic carbocycles. The summed E-state index contributed by atoms with van der Waals surface area (Å²) >= 11 is 0. The summed E-state index contributed by atoms with van der Waals surface area (Å²) in [5, 5.41) is 3.11. The van der Waals surface area contributed by atoms with Gasteiger partial charge >= 0.3 is 12.1 Å². The Morgan fingerprint density at radius 2 is 1.74 bits per heavy atom. The zero-order valence-electron chi connectivity index (χ0n) is 22.2. The second-order valence-electron chi connectivity index (χ2n) is 10.5. The lowest BCUT2D eigenvalue weighted by Crippen LogP contribution is -2.52. The lowest BCUT2D eigenvalue weighted by atomic mass is 9.71. The number of alkyl carbamates (subject to hydrolysis) is 1. The van der Waals surface area contributed by atoms with Crippen LogP contribution in [0.2, 0.25) is 0 Å². The molecule has 1 saturated carbocycles. The van der Waals surface area contributed by atoms with Crippen LogP contribution in [-0.4, -0.2) is 38.6 Å². The van der Waals surface area contributed by atoms with E-state index < -0.39 is 23.2 Å². The predicted octanol–water partition coefficient (Wildman–Crippen LogP) is 6.14. The zero-order chi connectivity index (χ0) is 26.9. The van der Waals surface area contributed by atoms with Crippen LogP contribution in [-0.2, 0) is 15.0 Å². The number of carbonyl (C=O) groups excluding carboxylic acids is 2. The topological polar surface area (TPSA) is 94.8 Å². The first-order chi connectivity index (χ1) is 18.2. The van der Waals surface area contributed by atoms with Crippen molar-refractivity contribution >= 4 is 17.7 Å². The maximum absolute atomic E-state index is 12.6. The Balaban J connectivity index is 1.53. The summed E-state index contributed by atoms with van der Waals surface area (Å²) in [6.07, 6.45) is 5.62. The van der Waals surface area contributed by atoms with Gasteiger partial charge in [0.1, 0.15) is 5.60 Å². The second-order valence-corrected chi connectivity index (χ2v) is 10.5. The summed E-state index contributed by atoms with van der Waals surface area (Å²) in [6, 6.07) is 18.1. The van der Waals surface area contributed by atoms with Crippen LogP contribution >= 0.6 is 0 Å². The fourth-order valence-electron chi connectivity index (χ4n) is 4.80. The third kappa shape index (κ3) is 4.98. The minimum absolute atomic E-state index is 0.218. The number of hydrogen-bond acceptors (Lipinski definition) is 6. The standard InChI is InChI=1S/C30H32N4O4/c1-5-37-27(35)23-19-34-24(18-31-23)32-25(26(34)21-10-7-6-8-11-21)20-12-14-22(15-13-20)30(16-9-17-30)33-28(36)38-29(2,3)4/h6-8,10-15,18-19H,5,9,16-17H2,1-4H3,(H,33,36). The number of carbonyl (C=O) groups is 2. The highest BCUT2D eigenvalue weighted by Crippen LogP contribution is 2.42. The van der Waals surface area contributed by atoms with Crippen molar-refractivity contribution in [3.8, 4) is 22.5 Å². The lowest BCUT2D eigenvalue weighted by molar-refractivity contribution is 0.0376. The molecule has 1 N–H and O–H groups in total. The number of amides is 1. The van der Waals surface area contributed by atoms with E-state index >= 15 is 0 Å². The van der Waals surface area contributed by atoms with E-state index in [1.165, 1.54) is 0 Å². The van der Waals surface area contributed by atoms with Crippen LogP contribution in [0.3, 0.4) is 0 Å². The van der Waals surface area contributed by atoms with E-state index in [2.05, 4.69) is 10.3 Å². The molecule has 38 heavy (non-hydrogen) atoms. The van der Waals surface area contributed by atoms with Crippen molar-refractivity contribution in [3.63, 3.8) is 0 Å². The highest BCUT2D eigenvalue weighted by atomic mass is 16.6. The molecule has 0 radical (unpaired) electrons. The largest absolute Gasteiger partial charge is 0.461 e. The van der Waals surface area contributed by atoms with Gasteiger partial charge in [-0.25, -0.2) is 19.6 Å². The van der Waals surface area contributed by atoms with Crippen LogP contribution in [0.5, 0.6) is 0 Å². The van der Waals surface area contributed by atoms with E-state index in [1.807, 2.05) is 79.8 Å². The molecule has 0 bridgehead atoms. The number of esters is 1. The van der Waals surface area contributed by atoms with E-state index in [4.69, 9.17) is 14.5 Å². The minimum Gasteiger partial charge on any atom is -0.461 e. The van der Waals surface area contributed by atoms with Gasteiger partial charge in [-0.1, -0.05) is 54.6 Å². The number of imidazole rings is 1. The monoisotopic (exact) mass is 512 g/mol. The molecule has 0 unspecified atom stereocenters. The SMILES string of the molecule is CCOC(=O)c1cn2c(-c3ccccc3)c(-c3ccc(C4(NC(=O)OC(C)(C)C)CCC4)cc3)nc2cn1. The van der Waals surface area contributed by atoms with Crippen LogP contribution in [0.15, 0.2) is 67.0 Å². The molecule has 2 heterocycles. The van der Waals surface area contributed by atoms with Crippen molar-refractivity contribution in [2.24, 2.45) is 0 Å². The van der Waals surface area contributed by atoms with E-state index in [-0.39, 0.29) is 12.3 Å². The minimum atomic E-state index is -0.558. The molecule has 8 nitrogen and oxygen atoms in total. The van der Waals surface area contributed by atoms with Gasteiger partial charge in [0.05, 0.1) is 29.7 Å². The Bertz CT molecular complexity index is 1470. The molecule has 1 aliphatic rings. The number of nitrogens with one attached hydrogen (secondary N) is 1. The molecule has 0 aliphatic heterocycles. The quantitative estimate of drug-likeness (QED) is 0.312. The van der Waals surface area contributed by atoms with Gasteiger partial charge < -0.3 is 14.8 Å². The molecule has 1 fully saturated rings. The van der Waals surface area contributed by atoms with Crippen molar-refractivity contribution in [1.82, 2.24) is 19.7 Å². The van der Waals surface area contributed by atoms with E-state index in [0.29, 0.717) is 5.65 Å². The van der Waals surface area contributed by atoms with Crippen molar-refractivity contribution in [3.05, 3.63) is 78.2 Å². The van der Waals surface area contributed by atoms with Gasteiger partial charge in [0.2, 0.25) is 0 Å². The fraction of sp³-hybridized carbons (Fsp3) is 0.333. The average Bonchev–Trinajstić information content (AvgIpc) is 3.25. The van der Waals surface area contributed by atoms with Gasteiger partial charge in [-0.2, -0.15) is 0 Å². The molecule has 0 spiro atoms. The van der Waals surface area contributed by atoms with Gasteiger partial charge in [0, 0.05) is 17.3 Å². The number of nitrogens with zero attached hydrogens (tertiary/aromatic N) is 3. The Morgan fingerprint density at radius 1 is 1.03 bits per heavy atom. The van der Waals surface area contributed by atoms with Crippen molar-refractivity contribution < 1.29 is 19.1 Å². The van der Waals surface area contributed by atoms with Gasteiger partial charge in [-0.15, -0.1) is 0 Å². The molecule has 4 aromatic rings. The first-order valence-electron chi connectivity index (χ1n) is 12.9. The van der Waals surface area contributed by atoms with Crippen LogP contribution in [0.25, 0.3) is 28.2 Å². The first-order valence-corrected chi connectivity index (χ1v) is 12.9. The number of fused-ring (bicyclic) bond motifs is 1. The maximum Gasteiger partial charge on any atom is 0.408 e. The summed E-state index contributed by atoms with van der Waals surface area (Å²) < 4.78 is 12.6. The zero-order valence-corrected chi connectivity index (χ0v) is 22.2. The normalized spacial score (nSPS) is 14.5. The summed E-state index contributed by atoms with van der Waals surface area (Å²) in [6.45, 7) is 7.62. The van der Waals surface area contributed by atoms with Crippen molar-refractivity contribution in [1.29, 1.82) is 0 Å². The lowest BCUT2D eigenvalue weighted by Gasteiger charge is -2.43. The van der Waals surface area contributed by atoms with Crippen LogP contribution < -0.4 is 5.32 Å². The third-order valence-corrected chi connectivity index (χ3v) is 6.70. The Hall–Kier alpha value is -4.20. The second kappa shape index (κ2) is 9.93. The van der Waals surface area contributed by atoms with Gasteiger partial charge in [-0.3, -0.25) is 4.40 Å². The van der Waals surface area contributed by atoms with Crippen LogP contribution in [0.1, 0.15) is 63.0 Å². The summed E-state index contributed by atoms with van der Waals surface area (Å²) in [7, 11) is 0. The molecule has 196 valence electrons. The maximum atomic E-state index is 12.6. The molecule has 1 amide bonds. The smallest absolute Gasteiger partial charge is 0.408 e. The van der Waals surface area contributed by atoms with Crippen LogP contribution in [0, 0.1) is 0 Å². The Kier molecular flexibility index (Phi) is 6.65. The number of aromatic nitrogens is 3. The van der Waals surface area contributed by atoms with E-state index in [0.717, 1.165) is 47.3 Å². The average molecular weight is 513 g/mol. The van der Waals surface area contributed by atoms with Gasteiger partial charge in [0.15, 0.2) is 11.3 Å². The van der Waals surface area contributed by atoms with Gasteiger partial charge in [0.25, 0.3) is 0 Å². The number of ether oxygens (including phenoxy) is 2. The fourth-order valence-corrected chi connectivity index (χ4v) is 4.80. The summed E-state index contributed by atoms with van der Waals surface area (Å²) in [4.78, 5) is 34.1. The highest BCUT2D eigenvalue weighted by molar-refractivity contribution is 5.88. The van der Waals surface area contributed by atoms with Crippen molar-refractivity contribution in [2.45, 2.75) is 58.1 Å². The highest BCUT2D eigenvalue weighted by Gasteiger charge is 2.41. The molecule has 8 heteroatoms. The molecular weight excluding hydrogens is 480 g/mol. The summed E-state index contributed by atoms with van der Waals surface area (Å²) in [5.41, 5.74) is 4.39. The number of rotatable bonds is 6.